The molecule has 29 heavy (non-hydrogen) atoms. The number of anilines is 2. The number of ether oxygens (including phenoxy) is 1. The first-order valence-electron chi connectivity index (χ1n) is 8.34. The fourth-order valence-electron chi connectivity index (χ4n) is 2.27. The molecule has 7 nitrogen and oxygen atoms in total. The molecular weight excluding hydrogens is 506 g/mol. The number of hydrogen-bond acceptors (Lipinski definition) is 5. The predicted octanol–water partition coefficient (Wildman–Crippen LogP) is 3.65. The van der Waals surface area contributed by atoms with Crippen LogP contribution in [0.15, 0.2) is 39.3 Å². The van der Waals surface area contributed by atoms with Gasteiger partial charge in [-0.3, -0.25) is 9.59 Å². The SMILES string of the molecule is C#C.CNc1ccc(Oc2c(Br)cc(NC(=O)C(=O)NCCO)cc2Br)cc1C. The maximum atomic E-state index is 11.8. The molecule has 0 spiro atoms. The summed E-state index contributed by atoms with van der Waals surface area (Å²) >= 11 is 6.84. The number of halogens is 2. The van der Waals surface area contributed by atoms with Crippen molar-refractivity contribution in [3.63, 3.8) is 0 Å². The number of aryl methyl sites for hydroxylation is 1. The minimum Gasteiger partial charge on any atom is -0.455 e. The van der Waals surface area contributed by atoms with E-state index in [1.54, 1.807) is 12.1 Å². The molecule has 0 radical (unpaired) electrons. The summed E-state index contributed by atoms with van der Waals surface area (Å²) in [5.74, 6) is -0.451. The zero-order valence-corrected chi connectivity index (χ0v) is 19.1. The van der Waals surface area contributed by atoms with Crippen LogP contribution in [-0.2, 0) is 9.59 Å². The van der Waals surface area contributed by atoms with Crippen molar-refractivity contribution < 1.29 is 19.4 Å². The Morgan fingerprint density at radius 1 is 1.10 bits per heavy atom. The molecule has 2 amide bonds. The van der Waals surface area contributed by atoms with Crippen LogP contribution in [0.25, 0.3) is 0 Å². The molecule has 4 N–H and O–H groups in total. The zero-order valence-electron chi connectivity index (χ0n) is 15.9. The number of nitrogens with one attached hydrogen (secondary N) is 3. The second kappa shape index (κ2) is 12.1. The van der Waals surface area contributed by atoms with E-state index in [1.165, 1.54) is 0 Å². The number of aliphatic hydroxyl groups excluding tert-OH is 1. The lowest BCUT2D eigenvalue weighted by Crippen LogP contribution is -2.36. The molecule has 2 aromatic carbocycles. The van der Waals surface area contributed by atoms with Crippen LogP contribution in [0.2, 0.25) is 0 Å². The summed E-state index contributed by atoms with van der Waals surface area (Å²) in [6.07, 6.45) is 8.00. The van der Waals surface area contributed by atoms with Crippen molar-refractivity contribution in [2.75, 3.05) is 30.8 Å². The minimum atomic E-state index is -0.825. The predicted molar refractivity (Wildman–Crippen MR) is 121 cm³/mol. The quantitative estimate of drug-likeness (QED) is 0.340. The number of aliphatic hydroxyl groups is 1. The topological polar surface area (TPSA) is 99.7 Å². The van der Waals surface area contributed by atoms with E-state index < -0.39 is 11.8 Å². The van der Waals surface area contributed by atoms with Crippen molar-refractivity contribution in [1.82, 2.24) is 5.32 Å². The third-order valence-electron chi connectivity index (χ3n) is 3.55. The van der Waals surface area contributed by atoms with E-state index >= 15 is 0 Å². The fourth-order valence-corrected chi connectivity index (χ4v) is 3.61. The van der Waals surface area contributed by atoms with Crippen LogP contribution in [0.4, 0.5) is 11.4 Å². The van der Waals surface area contributed by atoms with E-state index in [0.29, 0.717) is 26.1 Å². The standard InChI is InChI=1S/C18H19Br2N3O4.C2H2/c1-10-7-12(3-4-15(10)21-2)27-16-13(19)8-11(9-14(16)20)23-18(26)17(25)22-5-6-24;1-2/h3-4,7-9,21,24H,5-6H2,1-2H3,(H,22,25)(H,23,26);1-2H. The molecular formula is C20H21Br2N3O4. The molecule has 0 aliphatic rings. The van der Waals surface area contributed by atoms with E-state index in [9.17, 15) is 9.59 Å². The third kappa shape index (κ3) is 7.09. The largest absolute Gasteiger partial charge is 0.455 e. The van der Waals surface area contributed by atoms with Gasteiger partial charge in [-0.25, -0.2) is 0 Å². The average Bonchev–Trinajstić information content (AvgIpc) is 2.70. The van der Waals surface area contributed by atoms with Crippen LogP contribution in [0.3, 0.4) is 0 Å². The van der Waals surface area contributed by atoms with Crippen molar-refractivity contribution in [2.45, 2.75) is 6.92 Å². The fraction of sp³-hybridized carbons (Fsp3) is 0.200. The molecule has 0 bridgehead atoms. The lowest BCUT2D eigenvalue weighted by molar-refractivity contribution is -0.136. The van der Waals surface area contributed by atoms with Gasteiger partial charge in [0.1, 0.15) is 5.75 Å². The Bertz CT molecular complexity index is 878. The highest BCUT2D eigenvalue weighted by Gasteiger charge is 2.16. The Morgan fingerprint density at radius 3 is 2.24 bits per heavy atom. The molecule has 154 valence electrons. The molecule has 9 heteroatoms. The summed E-state index contributed by atoms with van der Waals surface area (Å²) in [7, 11) is 1.85. The summed E-state index contributed by atoms with van der Waals surface area (Å²) in [5, 5.41) is 16.6. The first-order valence-corrected chi connectivity index (χ1v) is 9.93. The highest BCUT2D eigenvalue weighted by atomic mass is 79.9. The Balaban J connectivity index is 0.00000204. The van der Waals surface area contributed by atoms with Gasteiger partial charge in [-0.2, -0.15) is 0 Å². The molecule has 0 aromatic heterocycles. The number of rotatable bonds is 6. The number of amides is 2. The molecule has 0 heterocycles. The van der Waals surface area contributed by atoms with Gasteiger partial charge in [0, 0.05) is 25.0 Å². The Hall–Kier alpha value is -2.54. The first kappa shape index (κ1) is 24.5. The van der Waals surface area contributed by atoms with Gasteiger partial charge in [0.15, 0.2) is 5.75 Å². The van der Waals surface area contributed by atoms with Crippen LogP contribution in [0, 0.1) is 19.8 Å². The van der Waals surface area contributed by atoms with Gasteiger partial charge in [-0.05, 0) is 74.7 Å². The van der Waals surface area contributed by atoms with E-state index in [4.69, 9.17) is 9.84 Å². The summed E-state index contributed by atoms with van der Waals surface area (Å²) in [4.78, 5) is 23.4. The molecule has 0 saturated carbocycles. The van der Waals surface area contributed by atoms with Gasteiger partial charge in [-0.1, -0.05) is 0 Å². The number of benzene rings is 2. The normalized spacial score (nSPS) is 9.62. The number of carbonyl (C=O) groups excluding carboxylic acids is 2. The second-order valence-electron chi connectivity index (χ2n) is 5.53. The van der Waals surface area contributed by atoms with Crippen LogP contribution in [0.5, 0.6) is 11.5 Å². The van der Waals surface area contributed by atoms with Gasteiger partial charge in [0.05, 0.1) is 15.6 Å². The number of terminal acetylenes is 1. The molecule has 2 aromatic rings. The third-order valence-corrected chi connectivity index (χ3v) is 4.72. The molecule has 0 unspecified atom stereocenters. The number of hydrogen-bond donors (Lipinski definition) is 4. The second-order valence-corrected chi connectivity index (χ2v) is 7.24. The van der Waals surface area contributed by atoms with Gasteiger partial charge in [0.2, 0.25) is 0 Å². The van der Waals surface area contributed by atoms with E-state index in [-0.39, 0.29) is 13.2 Å². The van der Waals surface area contributed by atoms with E-state index in [1.807, 2.05) is 32.2 Å². The Kier molecular flexibility index (Phi) is 10.2. The van der Waals surface area contributed by atoms with E-state index in [2.05, 4.69) is 60.7 Å². The Morgan fingerprint density at radius 2 is 1.72 bits per heavy atom. The van der Waals surface area contributed by atoms with Gasteiger partial charge >= 0.3 is 11.8 Å². The maximum absolute atomic E-state index is 11.8. The smallest absolute Gasteiger partial charge is 0.313 e. The average molecular weight is 527 g/mol. The van der Waals surface area contributed by atoms with Crippen molar-refractivity contribution in [2.24, 2.45) is 0 Å². The van der Waals surface area contributed by atoms with Crippen LogP contribution >= 0.6 is 31.9 Å². The summed E-state index contributed by atoms with van der Waals surface area (Å²) in [5.41, 5.74) is 2.46. The van der Waals surface area contributed by atoms with Crippen molar-refractivity contribution in [3.8, 4) is 24.3 Å². The molecule has 0 saturated heterocycles. The van der Waals surface area contributed by atoms with Gasteiger partial charge in [0.25, 0.3) is 0 Å². The first-order chi connectivity index (χ1) is 13.8. The van der Waals surface area contributed by atoms with Gasteiger partial charge in [-0.15, -0.1) is 12.8 Å². The van der Waals surface area contributed by atoms with Crippen molar-refractivity contribution in [1.29, 1.82) is 0 Å². The molecule has 0 atom stereocenters. The highest BCUT2D eigenvalue weighted by molar-refractivity contribution is 9.11. The van der Waals surface area contributed by atoms with E-state index in [0.717, 1.165) is 11.3 Å². The van der Waals surface area contributed by atoms with Crippen LogP contribution < -0.4 is 20.7 Å². The number of carbonyl (C=O) groups is 2. The monoisotopic (exact) mass is 525 g/mol. The summed E-state index contributed by atoms with van der Waals surface area (Å²) < 4.78 is 7.13. The lowest BCUT2D eigenvalue weighted by atomic mass is 10.2. The van der Waals surface area contributed by atoms with Crippen LogP contribution in [0.1, 0.15) is 5.56 Å². The van der Waals surface area contributed by atoms with Crippen molar-refractivity contribution >= 4 is 55.0 Å². The molecule has 0 aliphatic carbocycles. The molecule has 2 rings (SSSR count). The maximum Gasteiger partial charge on any atom is 0.313 e. The lowest BCUT2D eigenvalue weighted by Gasteiger charge is -2.14. The Labute approximate surface area is 186 Å². The summed E-state index contributed by atoms with van der Waals surface area (Å²) in [6, 6.07) is 8.94. The molecule has 0 fully saturated rings. The van der Waals surface area contributed by atoms with Crippen molar-refractivity contribution in [3.05, 3.63) is 44.8 Å². The van der Waals surface area contributed by atoms with Crippen LogP contribution in [-0.4, -0.2) is 37.1 Å². The minimum absolute atomic E-state index is 0.0121. The highest BCUT2D eigenvalue weighted by Crippen LogP contribution is 2.39. The van der Waals surface area contributed by atoms with Gasteiger partial charge < -0.3 is 25.8 Å². The summed E-state index contributed by atoms with van der Waals surface area (Å²) in [6.45, 7) is 1.75. The zero-order chi connectivity index (χ0) is 22.0. The molecule has 0 aliphatic heterocycles.